The molecule has 0 unspecified atom stereocenters. The first kappa shape index (κ1) is 25.6. The molecule has 2 aromatic rings. The molecular weight excluding hydrogens is 464 g/mol. The third-order valence-electron chi connectivity index (χ3n) is 4.33. The Bertz CT molecular complexity index is 933. The minimum absolute atomic E-state index is 0.0507. The second kappa shape index (κ2) is 10.8. The number of hydrogen-bond donors (Lipinski definition) is 3. The average Bonchev–Trinajstić information content (AvgIpc) is 3.31. The van der Waals surface area contributed by atoms with Gasteiger partial charge in [0.1, 0.15) is 16.1 Å². The first-order valence-electron chi connectivity index (χ1n) is 9.20. The number of carbonyl (C=O) groups is 2. The largest absolute Gasteiger partial charge is 0.490 e. The Morgan fingerprint density at radius 1 is 1.28 bits per heavy atom. The lowest BCUT2D eigenvalue weighted by Gasteiger charge is -2.10. The van der Waals surface area contributed by atoms with Crippen molar-refractivity contribution in [2.24, 2.45) is 0 Å². The zero-order valence-corrected chi connectivity index (χ0v) is 17.4. The van der Waals surface area contributed by atoms with Crippen LogP contribution < -0.4 is 10.6 Å². The number of rotatable bonds is 5. The van der Waals surface area contributed by atoms with Crippen molar-refractivity contribution in [2.75, 3.05) is 13.1 Å². The molecule has 0 radical (unpaired) electrons. The molecule has 1 saturated heterocycles. The molecule has 0 spiro atoms. The van der Waals surface area contributed by atoms with Gasteiger partial charge in [-0.25, -0.2) is 22.9 Å². The van der Waals surface area contributed by atoms with Gasteiger partial charge in [-0.15, -0.1) is 11.3 Å². The molecule has 1 aromatic heterocycles. The summed E-state index contributed by atoms with van der Waals surface area (Å²) in [7, 11) is 0. The second-order valence-electron chi connectivity index (χ2n) is 6.81. The van der Waals surface area contributed by atoms with Crippen molar-refractivity contribution in [3.63, 3.8) is 0 Å². The molecule has 3 N–H and O–H groups in total. The molecule has 6 nitrogen and oxygen atoms in total. The third-order valence-corrected chi connectivity index (χ3v) is 5.54. The molecule has 32 heavy (non-hydrogen) atoms. The summed E-state index contributed by atoms with van der Waals surface area (Å²) < 4.78 is 70.1. The predicted octanol–water partition coefficient (Wildman–Crippen LogP) is 4.12. The number of nitrogens with zero attached hydrogens (tertiary/aromatic N) is 1. The maximum absolute atomic E-state index is 13.1. The normalized spacial score (nSPS) is 18.2. The second-order valence-corrected chi connectivity index (χ2v) is 7.81. The lowest BCUT2D eigenvalue weighted by Crippen LogP contribution is -2.37. The van der Waals surface area contributed by atoms with Crippen LogP contribution in [0.25, 0.3) is 10.6 Å². The van der Waals surface area contributed by atoms with E-state index in [4.69, 9.17) is 9.90 Å². The van der Waals surface area contributed by atoms with Crippen molar-refractivity contribution in [3.05, 3.63) is 40.4 Å². The maximum atomic E-state index is 13.1. The van der Waals surface area contributed by atoms with Gasteiger partial charge in [0.15, 0.2) is 0 Å². The van der Waals surface area contributed by atoms with Crippen molar-refractivity contribution in [3.8, 4) is 10.6 Å². The number of carbonyl (C=O) groups excluding carboxylic acids is 1. The number of aromatic nitrogens is 1. The van der Waals surface area contributed by atoms with Gasteiger partial charge in [0.05, 0.1) is 5.69 Å². The van der Waals surface area contributed by atoms with Crippen LogP contribution in [0.1, 0.15) is 33.8 Å². The van der Waals surface area contributed by atoms with Crippen LogP contribution in [0.15, 0.2) is 24.3 Å². The fraction of sp³-hybridized carbons (Fsp3) is 0.421. The highest BCUT2D eigenvalue weighted by Crippen LogP contribution is 2.29. The van der Waals surface area contributed by atoms with Crippen LogP contribution in [0, 0.1) is 6.92 Å². The Morgan fingerprint density at radius 3 is 2.34 bits per heavy atom. The van der Waals surface area contributed by atoms with Crippen LogP contribution in [-0.2, 0) is 4.79 Å². The van der Waals surface area contributed by atoms with Crippen LogP contribution in [0.2, 0.25) is 0 Å². The third kappa shape index (κ3) is 7.19. The van der Waals surface area contributed by atoms with E-state index >= 15 is 0 Å². The van der Waals surface area contributed by atoms with Crippen molar-refractivity contribution in [1.82, 2.24) is 15.6 Å². The van der Waals surface area contributed by atoms with Gasteiger partial charge in [-0.05, 0) is 13.3 Å². The number of nitrogens with one attached hydrogen (secondary N) is 2. The minimum atomic E-state index is -5.08. The predicted molar refractivity (Wildman–Crippen MR) is 105 cm³/mol. The number of thiazole rings is 1. The van der Waals surface area contributed by atoms with Crippen LogP contribution in [0.3, 0.4) is 0 Å². The average molecular weight is 483 g/mol. The quantitative estimate of drug-likeness (QED) is 0.557. The molecule has 2 heterocycles. The minimum Gasteiger partial charge on any atom is -0.475 e. The van der Waals surface area contributed by atoms with E-state index < -0.39 is 24.7 Å². The van der Waals surface area contributed by atoms with Crippen molar-refractivity contribution in [1.29, 1.82) is 0 Å². The van der Waals surface area contributed by atoms with Crippen LogP contribution in [0.5, 0.6) is 0 Å². The van der Waals surface area contributed by atoms with E-state index in [1.807, 2.05) is 0 Å². The number of halogens is 6. The molecular formula is C19H19F6N3O3S. The summed E-state index contributed by atoms with van der Waals surface area (Å²) >= 11 is 1.21. The molecule has 13 heteroatoms. The van der Waals surface area contributed by atoms with E-state index in [2.05, 4.69) is 15.6 Å². The number of hydrogen-bond acceptors (Lipinski definition) is 5. The van der Waals surface area contributed by atoms with Gasteiger partial charge in [-0.3, -0.25) is 4.79 Å². The first-order chi connectivity index (χ1) is 14.9. The van der Waals surface area contributed by atoms with Gasteiger partial charge in [0, 0.05) is 30.3 Å². The molecule has 1 amide bonds. The number of aryl methyl sites for hydroxylation is 1. The highest BCUT2D eigenvalue weighted by atomic mass is 32.1. The summed E-state index contributed by atoms with van der Waals surface area (Å²) in [6.07, 6.45) is -8.07. The number of carboxylic acids is 1. The Morgan fingerprint density at radius 2 is 1.88 bits per heavy atom. The lowest BCUT2D eigenvalue weighted by atomic mass is 10.1. The van der Waals surface area contributed by atoms with Crippen LogP contribution >= 0.6 is 11.3 Å². The van der Waals surface area contributed by atoms with E-state index in [0.717, 1.165) is 0 Å². The molecule has 176 valence electrons. The molecule has 1 fully saturated rings. The number of alkyl halides is 6. The summed E-state index contributed by atoms with van der Waals surface area (Å²) in [6, 6.07) is 5.80. The Kier molecular flexibility index (Phi) is 8.61. The summed E-state index contributed by atoms with van der Waals surface area (Å²) in [5.41, 5.74) is 1.22. The van der Waals surface area contributed by atoms with Gasteiger partial charge < -0.3 is 15.7 Å². The topological polar surface area (TPSA) is 91.3 Å². The summed E-state index contributed by atoms with van der Waals surface area (Å²) in [5, 5.41) is 13.5. The highest BCUT2D eigenvalue weighted by molar-refractivity contribution is 7.17. The van der Waals surface area contributed by atoms with Gasteiger partial charge >= 0.3 is 12.1 Å². The van der Waals surface area contributed by atoms with Gasteiger partial charge in [-0.1, -0.05) is 24.3 Å². The summed E-state index contributed by atoms with van der Waals surface area (Å²) in [5.74, 6) is -3.01. The fourth-order valence-corrected chi connectivity index (χ4v) is 3.71. The Balaban J connectivity index is 0.000000451. The molecule has 0 aliphatic carbocycles. The van der Waals surface area contributed by atoms with Crippen molar-refractivity contribution in [2.45, 2.75) is 38.2 Å². The number of aliphatic carboxylic acids is 1. The standard InChI is InChI=1S/C17H18F3N3OS.C2HF3O2/c1-9-14(16(24)22-8-13-6-12(18)7-21-13)25-17(23-9)11-4-2-10(3-5-11)15(19)20;3-2(4,5)1(6)7/h2-5,12-13,15,21H,6-8H2,1H3,(H,22,24);(H,6,7)/t12-,13-;/m0./s1. The SMILES string of the molecule is Cc1nc(-c2ccc(C(F)F)cc2)sc1C(=O)NC[C@@H]1C[C@H](F)CN1.O=C(O)C(F)(F)F. The molecule has 0 bridgehead atoms. The highest BCUT2D eigenvalue weighted by Gasteiger charge is 2.38. The number of amides is 1. The van der Waals surface area contributed by atoms with E-state index in [1.165, 1.54) is 23.5 Å². The smallest absolute Gasteiger partial charge is 0.475 e. The van der Waals surface area contributed by atoms with Crippen LogP contribution in [-0.4, -0.2) is 53.4 Å². The zero-order chi connectivity index (χ0) is 24.1. The van der Waals surface area contributed by atoms with Crippen LogP contribution in [0.4, 0.5) is 26.3 Å². The number of carboxylic acid groups (broad SMARTS) is 1. The maximum Gasteiger partial charge on any atom is 0.490 e. The molecule has 3 rings (SSSR count). The zero-order valence-electron chi connectivity index (χ0n) is 16.5. The van der Waals surface area contributed by atoms with Crippen molar-refractivity contribution >= 4 is 23.2 Å². The van der Waals surface area contributed by atoms with Gasteiger partial charge in [0.2, 0.25) is 0 Å². The summed E-state index contributed by atoms with van der Waals surface area (Å²) in [6.45, 7) is 2.40. The first-order valence-corrected chi connectivity index (χ1v) is 10.0. The molecule has 1 aliphatic heterocycles. The number of benzene rings is 1. The van der Waals surface area contributed by atoms with E-state index in [0.29, 0.717) is 40.7 Å². The lowest BCUT2D eigenvalue weighted by molar-refractivity contribution is -0.192. The molecule has 2 atom stereocenters. The Hall–Kier alpha value is -2.67. The van der Waals surface area contributed by atoms with E-state index in [1.54, 1.807) is 19.1 Å². The summed E-state index contributed by atoms with van der Waals surface area (Å²) in [4.78, 5) is 26.1. The van der Waals surface area contributed by atoms with E-state index in [9.17, 15) is 31.1 Å². The monoisotopic (exact) mass is 483 g/mol. The molecule has 1 aliphatic rings. The molecule has 1 aromatic carbocycles. The molecule has 0 saturated carbocycles. The Labute approximate surface area is 182 Å². The van der Waals surface area contributed by atoms with E-state index in [-0.39, 0.29) is 17.5 Å². The van der Waals surface area contributed by atoms with Gasteiger partial charge in [-0.2, -0.15) is 13.2 Å². The fourth-order valence-electron chi connectivity index (χ4n) is 2.72. The van der Waals surface area contributed by atoms with Crippen molar-refractivity contribution < 1.29 is 41.0 Å². The van der Waals surface area contributed by atoms with Gasteiger partial charge in [0.25, 0.3) is 12.3 Å².